The van der Waals surface area contributed by atoms with Gasteiger partial charge in [0.2, 0.25) is 5.75 Å². The summed E-state index contributed by atoms with van der Waals surface area (Å²) in [7, 11) is 2.99. The van der Waals surface area contributed by atoms with Crippen molar-refractivity contribution in [2.24, 2.45) is 5.10 Å². The average molecular weight is 499 g/mol. The molecule has 166 valence electrons. The molecule has 0 N–H and O–H groups in total. The normalized spacial score (nSPS) is 11.0. The summed E-state index contributed by atoms with van der Waals surface area (Å²) in [5, 5.41) is 13.7. The number of nitriles is 1. The molecule has 0 saturated carbocycles. The monoisotopic (exact) mass is 498 g/mol. The molecule has 0 aliphatic rings. The summed E-state index contributed by atoms with van der Waals surface area (Å²) in [4.78, 5) is 17.9. The van der Waals surface area contributed by atoms with Crippen LogP contribution in [0, 0.1) is 11.3 Å². The van der Waals surface area contributed by atoms with Crippen LogP contribution in [0.5, 0.6) is 17.2 Å². The van der Waals surface area contributed by atoms with Crippen LogP contribution in [-0.2, 0) is 6.42 Å². The maximum atomic E-state index is 13.2. The van der Waals surface area contributed by atoms with Crippen molar-refractivity contribution >= 4 is 33.0 Å². The summed E-state index contributed by atoms with van der Waals surface area (Å²) < 4.78 is 18.3. The lowest BCUT2D eigenvalue weighted by atomic mass is 10.2. The second-order valence-electron chi connectivity index (χ2n) is 6.86. The second-order valence-corrected chi connectivity index (χ2v) is 7.77. The third-order valence-corrected chi connectivity index (χ3v) is 5.21. The number of hydrogen-bond donors (Lipinski definition) is 0. The smallest absolute Gasteiger partial charge is 0.282 e. The highest BCUT2D eigenvalue weighted by Gasteiger charge is 2.15. The molecule has 3 aromatic rings. The number of methoxy groups -OCH3 is 2. The zero-order valence-corrected chi connectivity index (χ0v) is 19.7. The Morgan fingerprint density at radius 3 is 2.56 bits per heavy atom. The molecule has 0 aliphatic carbocycles. The van der Waals surface area contributed by atoms with Gasteiger partial charge in [0.05, 0.1) is 31.3 Å². The number of halogens is 1. The molecule has 9 heteroatoms. The zero-order valence-electron chi connectivity index (χ0n) is 18.1. The number of ether oxygens (including phenoxy) is 3. The van der Waals surface area contributed by atoms with Gasteiger partial charge < -0.3 is 14.2 Å². The fourth-order valence-electron chi connectivity index (χ4n) is 3.16. The molecular formula is C23H23BrN4O4. The third-order valence-electron chi connectivity index (χ3n) is 4.72. The summed E-state index contributed by atoms with van der Waals surface area (Å²) in [6.45, 7) is 1.94. The molecule has 32 heavy (non-hydrogen) atoms. The molecule has 0 radical (unpaired) electrons. The van der Waals surface area contributed by atoms with E-state index in [9.17, 15) is 4.79 Å². The highest BCUT2D eigenvalue weighted by molar-refractivity contribution is 9.10. The van der Waals surface area contributed by atoms with E-state index >= 15 is 0 Å². The first kappa shape index (κ1) is 23.3. The molecule has 0 saturated heterocycles. The van der Waals surface area contributed by atoms with Crippen molar-refractivity contribution in [3.8, 4) is 23.3 Å². The number of hydrogen-bond acceptors (Lipinski definition) is 7. The van der Waals surface area contributed by atoms with Crippen LogP contribution in [0.25, 0.3) is 10.9 Å². The Bertz CT molecular complexity index is 1220. The minimum Gasteiger partial charge on any atom is -0.493 e. The van der Waals surface area contributed by atoms with Crippen molar-refractivity contribution in [1.29, 1.82) is 5.26 Å². The first-order chi connectivity index (χ1) is 15.5. The van der Waals surface area contributed by atoms with E-state index in [1.54, 1.807) is 24.4 Å². The average Bonchev–Trinajstić information content (AvgIpc) is 2.81. The lowest BCUT2D eigenvalue weighted by Gasteiger charge is -2.13. The Balaban J connectivity index is 2.10. The van der Waals surface area contributed by atoms with E-state index in [2.05, 4.69) is 32.9 Å². The molecule has 3 rings (SSSR count). The quantitative estimate of drug-likeness (QED) is 0.407. The van der Waals surface area contributed by atoms with Gasteiger partial charge in [-0.1, -0.05) is 29.3 Å². The molecular weight excluding hydrogens is 476 g/mol. The Hall–Kier alpha value is -3.38. The predicted molar refractivity (Wildman–Crippen MR) is 126 cm³/mol. The van der Waals surface area contributed by atoms with E-state index in [1.165, 1.54) is 18.9 Å². The van der Waals surface area contributed by atoms with Gasteiger partial charge in [-0.3, -0.25) is 4.79 Å². The minimum absolute atomic E-state index is 0.144. The predicted octanol–water partition coefficient (Wildman–Crippen LogP) is 4.30. The number of aryl methyl sites for hydroxylation is 1. The van der Waals surface area contributed by atoms with Crippen LogP contribution in [0.3, 0.4) is 0 Å². The Kier molecular flexibility index (Phi) is 7.84. The molecule has 0 bridgehead atoms. The maximum Gasteiger partial charge on any atom is 0.282 e. The lowest BCUT2D eigenvalue weighted by molar-refractivity contribution is 0.303. The van der Waals surface area contributed by atoms with Crippen LogP contribution < -0.4 is 19.8 Å². The Labute approximate surface area is 194 Å². The molecule has 8 nitrogen and oxygen atoms in total. The molecule has 0 unspecified atom stereocenters. The molecule has 1 aromatic heterocycles. The van der Waals surface area contributed by atoms with Crippen molar-refractivity contribution in [2.75, 3.05) is 20.8 Å². The molecule has 0 spiro atoms. The number of aromatic nitrogens is 2. The SMILES string of the molecule is CCCCc1nc2ccc(Br)cc2c(=O)n1N=Cc1cc(OC)c(OCC#N)c(OC)c1. The lowest BCUT2D eigenvalue weighted by Crippen LogP contribution is -2.22. The first-order valence-corrected chi connectivity index (χ1v) is 10.8. The van der Waals surface area contributed by atoms with Gasteiger partial charge in [0, 0.05) is 16.5 Å². The molecule has 0 atom stereocenters. The van der Waals surface area contributed by atoms with E-state index in [-0.39, 0.29) is 12.2 Å². The second kappa shape index (κ2) is 10.8. The summed E-state index contributed by atoms with van der Waals surface area (Å²) >= 11 is 3.41. The number of unbranched alkanes of at least 4 members (excludes halogenated alkanes) is 1. The number of rotatable bonds is 9. The van der Waals surface area contributed by atoms with Crippen LogP contribution in [-0.4, -0.2) is 36.7 Å². The van der Waals surface area contributed by atoms with Crippen molar-refractivity contribution in [2.45, 2.75) is 26.2 Å². The molecule has 0 aliphatic heterocycles. The van der Waals surface area contributed by atoms with Gasteiger partial charge in [-0.05, 0) is 36.8 Å². The van der Waals surface area contributed by atoms with Gasteiger partial charge in [-0.15, -0.1) is 0 Å². The van der Waals surface area contributed by atoms with E-state index in [4.69, 9.17) is 19.5 Å². The fourth-order valence-corrected chi connectivity index (χ4v) is 3.52. The van der Waals surface area contributed by atoms with Crippen LogP contribution in [0.2, 0.25) is 0 Å². The van der Waals surface area contributed by atoms with Gasteiger partial charge in [0.1, 0.15) is 11.9 Å². The third kappa shape index (κ3) is 5.08. The van der Waals surface area contributed by atoms with Crippen LogP contribution in [0.1, 0.15) is 31.2 Å². The van der Waals surface area contributed by atoms with E-state index in [0.717, 1.165) is 17.3 Å². The fraction of sp³-hybridized carbons (Fsp3) is 0.304. The highest BCUT2D eigenvalue weighted by atomic mass is 79.9. The van der Waals surface area contributed by atoms with Crippen molar-refractivity contribution in [3.05, 3.63) is 56.5 Å². The number of nitrogens with zero attached hydrogens (tertiary/aromatic N) is 4. The van der Waals surface area contributed by atoms with Gasteiger partial charge in [0.15, 0.2) is 18.1 Å². The summed E-state index contributed by atoms with van der Waals surface area (Å²) in [5.74, 6) is 1.70. The van der Waals surface area contributed by atoms with Gasteiger partial charge in [-0.25, -0.2) is 4.98 Å². The van der Waals surface area contributed by atoms with E-state index in [1.807, 2.05) is 18.2 Å². The summed E-state index contributed by atoms with van der Waals surface area (Å²) in [6, 6.07) is 10.7. The van der Waals surface area contributed by atoms with Crippen molar-refractivity contribution < 1.29 is 14.2 Å². The zero-order chi connectivity index (χ0) is 23.1. The van der Waals surface area contributed by atoms with Crippen LogP contribution in [0.15, 0.2) is 44.7 Å². The maximum absolute atomic E-state index is 13.2. The van der Waals surface area contributed by atoms with Crippen LogP contribution >= 0.6 is 15.9 Å². The summed E-state index contributed by atoms with van der Waals surface area (Å²) in [5.41, 5.74) is 1.02. The van der Waals surface area contributed by atoms with Crippen LogP contribution in [0.4, 0.5) is 0 Å². The molecule has 2 aromatic carbocycles. The van der Waals surface area contributed by atoms with E-state index < -0.39 is 0 Å². The molecule has 0 amide bonds. The van der Waals surface area contributed by atoms with Crippen molar-refractivity contribution in [1.82, 2.24) is 9.66 Å². The van der Waals surface area contributed by atoms with Crippen molar-refractivity contribution in [3.63, 3.8) is 0 Å². The highest BCUT2D eigenvalue weighted by Crippen LogP contribution is 2.38. The number of benzene rings is 2. The standard InChI is InChI=1S/C23H23BrN4O4/c1-4-5-6-21-27-18-8-7-16(24)13-17(18)23(29)28(21)26-14-15-11-19(30-2)22(32-10-9-25)20(12-15)31-3/h7-8,11-14H,4-6,10H2,1-3H3. The molecule has 0 fully saturated rings. The minimum atomic E-state index is -0.244. The van der Waals surface area contributed by atoms with Gasteiger partial charge in [-0.2, -0.15) is 15.0 Å². The largest absolute Gasteiger partial charge is 0.493 e. The van der Waals surface area contributed by atoms with E-state index in [0.29, 0.717) is 46.0 Å². The Morgan fingerprint density at radius 2 is 1.94 bits per heavy atom. The molecule has 1 heterocycles. The number of fused-ring (bicyclic) bond motifs is 1. The first-order valence-electron chi connectivity index (χ1n) is 10.0. The topological polar surface area (TPSA) is 98.7 Å². The summed E-state index contributed by atoms with van der Waals surface area (Å²) in [6.07, 6.45) is 4.03. The van der Waals surface area contributed by atoms with Gasteiger partial charge in [0.25, 0.3) is 5.56 Å². The van der Waals surface area contributed by atoms with Gasteiger partial charge >= 0.3 is 0 Å². The Morgan fingerprint density at radius 1 is 1.22 bits per heavy atom.